The van der Waals surface area contributed by atoms with Gasteiger partial charge in [0.1, 0.15) is 24.4 Å². The standard InChI is InChI=1S/C24H33ClO8/c1-14(11-22(28)30-4)10-19(27)24-21-12-18(32-24)9-8-17(25)7-5-6-15(2)20(31-16(3)26)13-23(29)33-21/h6-7,10,18-21,24,27H,5,8-9,11-13H2,1-4H3/b14-10+,15-6-,17-7+/t18-,19+,20-,21-,24-/m1/s1. The lowest BCUT2D eigenvalue weighted by atomic mass is 10.0. The predicted molar refractivity (Wildman–Crippen MR) is 121 cm³/mol. The molecule has 0 aliphatic carbocycles. The van der Waals surface area contributed by atoms with Gasteiger partial charge in [0.25, 0.3) is 0 Å². The van der Waals surface area contributed by atoms with Crippen molar-refractivity contribution in [2.45, 2.75) is 89.8 Å². The molecule has 0 unspecified atom stereocenters. The topological polar surface area (TPSA) is 108 Å². The van der Waals surface area contributed by atoms with E-state index in [9.17, 15) is 19.5 Å². The second kappa shape index (κ2) is 12.9. The summed E-state index contributed by atoms with van der Waals surface area (Å²) >= 11 is 6.35. The summed E-state index contributed by atoms with van der Waals surface area (Å²) in [5.41, 5.74) is 1.33. The minimum absolute atomic E-state index is 0.0320. The average Bonchev–Trinajstić information content (AvgIpc) is 3.13. The number of aliphatic hydroxyl groups excluding tert-OH is 1. The number of aliphatic hydroxyl groups is 1. The maximum Gasteiger partial charge on any atom is 0.310 e. The highest BCUT2D eigenvalue weighted by molar-refractivity contribution is 6.29. The molecule has 2 heterocycles. The number of carbonyl (C=O) groups excluding carboxylic acids is 3. The number of fused-ring (bicyclic) bond motifs is 2. The Bertz CT molecular complexity index is 815. The van der Waals surface area contributed by atoms with Crippen molar-refractivity contribution in [2.24, 2.45) is 0 Å². The minimum Gasteiger partial charge on any atom is -0.469 e. The van der Waals surface area contributed by atoms with Crippen molar-refractivity contribution in [2.75, 3.05) is 7.11 Å². The summed E-state index contributed by atoms with van der Waals surface area (Å²) in [6.07, 6.45) is 3.64. The number of halogens is 1. The van der Waals surface area contributed by atoms with Gasteiger partial charge in [0.2, 0.25) is 0 Å². The zero-order valence-electron chi connectivity index (χ0n) is 19.5. The van der Waals surface area contributed by atoms with Crippen LogP contribution >= 0.6 is 11.6 Å². The maximum absolute atomic E-state index is 12.7. The molecular weight excluding hydrogens is 452 g/mol. The molecule has 1 fully saturated rings. The molecule has 1 N–H and O–H groups in total. The number of allylic oxidation sites excluding steroid dienone is 3. The van der Waals surface area contributed by atoms with Crippen LogP contribution in [0.4, 0.5) is 0 Å². The molecule has 0 aromatic rings. The fourth-order valence-corrected chi connectivity index (χ4v) is 4.07. The van der Waals surface area contributed by atoms with E-state index in [1.807, 2.05) is 12.2 Å². The van der Waals surface area contributed by atoms with Crippen molar-refractivity contribution in [3.8, 4) is 0 Å². The molecule has 2 rings (SSSR count). The zero-order valence-corrected chi connectivity index (χ0v) is 20.3. The molecule has 5 atom stereocenters. The molecule has 0 radical (unpaired) electrons. The van der Waals surface area contributed by atoms with Gasteiger partial charge in [-0.1, -0.05) is 35.4 Å². The van der Waals surface area contributed by atoms with E-state index in [1.165, 1.54) is 20.1 Å². The van der Waals surface area contributed by atoms with E-state index in [4.69, 9.17) is 25.8 Å². The summed E-state index contributed by atoms with van der Waals surface area (Å²) in [5.74, 6) is -1.48. The number of ether oxygens (including phenoxy) is 4. The quantitative estimate of drug-likeness (QED) is 0.359. The van der Waals surface area contributed by atoms with Gasteiger partial charge >= 0.3 is 17.9 Å². The van der Waals surface area contributed by atoms with Crippen molar-refractivity contribution in [3.63, 3.8) is 0 Å². The third kappa shape index (κ3) is 8.95. The smallest absolute Gasteiger partial charge is 0.310 e. The summed E-state index contributed by atoms with van der Waals surface area (Å²) in [6.45, 7) is 4.77. The van der Waals surface area contributed by atoms with Crippen LogP contribution in [0.15, 0.2) is 34.4 Å². The van der Waals surface area contributed by atoms with Gasteiger partial charge in [-0.15, -0.1) is 0 Å². The monoisotopic (exact) mass is 484 g/mol. The molecule has 33 heavy (non-hydrogen) atoms. The summed E-state index contributed by atoms with van der Waals surface area (Å²) in [6, 6.07) is 0. The van der Waals surface area contributed by atoms with Crippen LogP contribution in [0.2, 0.25) is 0 Å². The SMILES string of the molecule is COC(=O)C/C(C)=C/[C@H](O)[C@H]1O[C@@H]2CC/C(Cl)=C\C/C=C(/C)[C@H](OC(C)=O)CC(=O)O[C@@H]1C2. The minimum atomic E-state index is -1.09. The van der Waals surface area contributed by atoms with E-state index in [1.54, 1.807) is 13.8 Å². The lowest BCUT2D eigenvalue weighted by Crippen LogP contribution is -2.37. The average molecular weight is 485 g/mol. The fraction of sp³-hybridized carbons (Fsp3) is 0.625. The van der Waals surface area contributed by atoms with Crippen molar-refractivity contribution >= 4 is 29.5 Å². The van der Waals surface area contributed by atoms with Gasteiger partial charge in [-0.3, -0.25) is 14.4 Å². The van der Waals surface area contributed by atoms with E-state index in [0.29, 0.717) is 36.3 Å². The lowest BCUT2D eigenvalue weighted by Gasteiger charge is -2.24. The molecule has 0 spiro atoms. The lowest BCUT2D eigenvalue weighted by molar-refractivity contribution is -0.159. The Labute approximate surface area is 199 Å². The van der Waals surface area contributed by atoms with E-state index in [2.05, 4.69) is 4.74 Å². The molecule has 0 amide bonds. The number of hydrogen-bond acceptors (Lipinski definition) is 8. The molecule has 2 aliphatic heterocycles. The highest BCUT2D eigenvalue weighted by Gasteiger charge is 2.41. The Morgan fingerprint density at radius 3 is 2.73 bits per heavy atom. The van der Waals surface area contributed by atoms with Crippen LogP contribution in [0.25, 0.3) is 0 Å². The van der Waals surface area contributed by atoms with Crippen molar-refractivity contribution in [1.29, 1.82) is 0 Å². The third-order valence-electron chi connectivity index (χ3n) is 5.59. The van der Waals surface area contributed by atoms with Crippen LogP contribution in [-0.2, 0) is 33.3 Å². The number of esters is 3. The van der Waals surface area contributed by atoms with E-state index in [0.717, 1.165) is 5.57 Å². The molecule has 0 aromatic carbocycles. The van der Waals surface area contributed by atoms with Crippen LogP contribution in [0.1, 0.15) is 59.3 Å². The Kier molecular flexibility index (Phi) is 10.6. The highest BCUT2D eigenvalue weighted by atomic mass is 35.5. The van der Waals surface area contributed by atoms with Gasteiger partial charge in [-0.2, -0.15) is 0 Å². The molecule has 9 heteroatoms. The molecule has 184 valence electrons. The fourth-order valence-electron chi connectivity index (χ4n) is 3.87. The van der Waals surface area contributed by atoms with E-state index in [-0.39, 0.29) is 18.9 Å². The second-order valence-corrected chi connectivity index (χ2v) is 8.90. The number of hydrogen-bond donors (Lipinski definition) is 1. The Morgan fingerprint density at radius 1 is 1.33 bits per heavy atom. The molecular formula is C24H33ClO8. The molecule has 0 aromatic heterocycles. The zero-order chi connectivity index (χ0) is 24.5. The molecule has 2 aliphatic rings. The van der Waals surface area contributed by atoms with Gasteiger partial charge < -0.3 is 24.1 Å². The number of carbonyl (C=O) groups is 3. The largest absolute Gasteiger partial charge is 0.469 e. The first-order valence-electron chi connectivity index (χ1n) is 11.0. The first kappa shape index (κ1) is 27.1. The first-order valence-corrected chi connectivity index (χ1v) is 11.4. The normalized spacial score (nSPS) is 31.2. The summed E-state index contributed by atoms with van der Waals surface area (Å²) < 4.78 is 21.7. The Hall–Kier alpha value is -2.16. The maximum atomic E-state index is 12.7. The number of methoxy groups -OCH3 is 1. The van der Waals surface area contributed by atoms with Crippen LogP contribution in [0.5, 0.6) is 0 Å². The van der Waals surface area contributed by atoms with Crippen LogP contribution in [0, 0.1) is 0 Å². The van der Waals surface area contributed by atoms with Crippen molar-refractivity contribution in [3.05, 3.63) is 34.4 Å². The predicted octanol–water partition coefficient (Wildman–Crippen LogP) is 3.50. The van der Waals surface area contributed by atoms with Gasteiger partial charge in [0, 0.05) is 18.4 Å². The van der Waals surface area contributed by atoms with Crippen molar-refractivity contribution < 1.29 is 38.4 Å². The van der Waals surface area contributed by atoms with E-state index >= 15 is 0 Å². The second-order valence-electron chi connectivity index (χ2n) is 8.42. The van der Waals surface area contributed by atoms with Gasteiger partial charge in [0.15, 0.2) is 0 Å². The summed E-state index contributed by atoms with van der Waals surface area (Å²) in [5, 5.41) is 11.4. The molecule has 8 nitrogen and oxygen atoms in total. The van der Waals surface area contributed by atoms with Gasteiger partial charge in [-0.25, -0.2) is 0 Å². The molecule has 0 saturated carbocycles. The van der Waals surface area contributed by atoms with Crippen molar-refractivity contribution in [1.82, 2.24) is 0 Å². The van der Waals surface area contributed by atoms with Gasteiger partial charge in [-0.05, 0) is 38.7 Å². The highest BCUT2D eigenvalue weighted by Crippen LogP contribution is 2.31. The summed E-state index contributed by atoms with van der Waals surface area (Å²) in [4.78, 5) is 35.8. The number of rotatable bonds is 5. The molecule has 1 saturated heterocycles. The first-order chi connectivity index (χ1) is 15.6. The Balaban J connectivity index is 2.24. The van der Waals surface area contributed by atoms with Crippen LogP contribution in [0.3, 0.4) is 0 Å². The third-order valence-corrected chi connectivity index (χ3v) is 5.93. The van der Waals surface area contributed by atoms with Crippen LogP contribution < -0.4 is 0 Å². The Morgan fingerprint density at radius 2 is 2.06 bits per heavy atom. The van der Waals surface area contributed by atoms with Crippen LogP contribution in [-0.4, -0.2) is 60.6 Å². The van der Waals surface area contributed by atoms with Gasteiger partial charge in [0.05, 0.1) is 26.1 Å². The molecule has 2 bridgehead atoms. The summed E-state index contributed by atoms with van der Waals surface area (Å²) in [7, 11) is 1.29. The van der Waals surface area contributed by atoms with E-state index < -0.39 is 42.3 Å².